The van der Waals surface area contributed by atoms with Gasteiger partial charge in [0.05, 0.1) is 11.6 Å². The molecule has 1 aliphatic rings. The summed E-state index contributed by atoms with van der Waals surface area (Å²) in [5, 5.41) is 3.22. The van der Waals surface area contributed by atoms with E-state index in [-0.39, 0.29) is 31.3 Å². The number of amides is 1. The van der Waals surface area contributed by atoms with E-state index in [0.29, 0.717) is 16.5 Å². The van der Waals surface area contributed by atoms with Crippen LogP contribution in [0, 0.1) is 11.8 Å². The quantitative estimate of drug-likeness (QED) is 0.753. The number of ether oxygens (including phenoxy) is 3. The fourth-order valence-corrected chi connectivity index (χ4v) is 3.02. The van der Waals surface area contributed by atoms with E-state index in [0.717, 1.165) is 17.7 Å². The number of fused-ring (bicyclic) bond motifs is 1. The van der Waals surface area contributed by atoms with Crippen LogP contribution in [0.25, 0.3) is 0 Å². The largest absolute Gasteiger partial charge is 0.483 e. The maximum absolute atomic E-state index is 11.9. The summed E-state index contributed by atoms with van der Waals surface area (Å²) in [4.78, 5) is 11.9. The van der Waals surface area contributed by atoms with Gasteiger partial charge in [-0.25, -0.2) is 0 Å². The third-order valence-corrected chi connectivity index (χ3v) is 4.36. The molecule has 3 rings (SSSR count). The molecule has 0 atom stereocenters. The van der Waals surface area contributed by atoms with E-state index in [4.69, 9.17) is 25.8 Å². The van der Waals surface area contributed by atoms with Crippen molar-refractivity contribution < 1.29 is 19.0 Å². The standard InChI is InChI=1S/C22H22ClNO4/c1-22(2)14-16-8-7-11-19(21(16)28-22)27-15-20(25)24-12-5-6-13-26-18-10-4-3-9-17(18)23/h3-4,7-11H,12-15H2,1-2H3,(H,24,25). The van der Waals surface area contributed by atoms with Crippen molar-refractivity contribution in [2.24, 2.45) is 0 Å². The van der Waals surface area contributed by atoms with Crippen molar-refractivity contribution in [3.8, 4) is 29.1 Å². The zero-order chi connectivity index (χ0) is 20.0. The van der Waals surface area contributed by atoms with Crippen LogP contribution in [0.2, 0.25) is 5.02 Å². The van der Waals surface area contributed by atoms with Crippen LogP contribution in [0.3, 0.4) is 0 Å². The predicted molar refractivity (Wildman–Crippen MR) is 108 cm³/mol. The summed E-state index contributed by atoms with van der Waals surface area (Å²) in [5.41, 5.74) is 0.832. The van der Waals surface area contributed by atoms with Crippen LogP contribution in [0.5, 0.6) is 17.2 Å². The molecular weight excluding hydrogens is 378 g/mol. The summed E-state index contributed by atoms with van der Waals surface area (Å²) in [7, 11) is 0. The highest BCUT2D eigenvalue weighted by Crippen LogP contribution is 2.41. The Morgan fingerprint density at radius 2 is 1.93 bits per heavy atom. The molecule has 1 heterocycles. The van der Waals surface area contributed by atoms with E-state index < -0.39 is 0 Å². The van der Waals surface area contributed by atoms with Crippen molar-refractivity contribution in [2.75, 3.05) is 19.8 Å². The lowest BCUT2D eigenvalue weighted by Crippen LogP contribution is -2.29. The Morgan fingerprint density at radius 1 is 1.14 bits per heavy atom. The number of para-hydroxylation sites is 2. The maximum Gasteiger partial charge on any atom is 0.258 e. The molecule has 1 aliphatic heterocycles. The summed E-state index contributed by atoms with van der Waals surface area (Å²) >= 11 is 5.99. The molecule has 0 spiro atoms. The van der Waals surface area contributed by atoms with Crippen molar-refractivity contribution in [2.45, 2.75) is 25.9 Å². The highest BCUT2D eigenvalue weighted by Gasteiger charge is 2.32. The lowest BCUT2D eigenvalue weighted by molar-refractivity contribution is -0.122. The van der Waals surface area contributed by atoms with E-state index in [9.17, 15) is 4.79 Å². The van der Waals surface area contributed by atoms with Gasteiger partial charge in [-0.3, -0.25) is 4.79 Å². The van der Waals surface area contributed by atoms with E-state index >= 15 is 0 Å². The molecule has 0 saturated heterocycles. The molecule has 5 nitrogen and oxygen atoms in total. The van der Waals surface area contributed by atoms with Crippen LogP contribution in [-0.4, -0.2) is 31.3 Å². The molecule has 146 valence electrons. The lowest BCUT2D eigenvalue weighted by Gasteiger charge is -2.18. The maximum atomic E-state index is 11.9. The normalized spacial score (nSPS) is 13.5. The fourth-order valence-electron chi connectivity index (χ4n) is 2.83. The molecule has 0 aromatic heterocycles. The van der Waals surface area contributed by atoms with Gasteiger partial charge >= 0.3 is 0 Å². The van der Waals surface area contributed by atoms with Gasteiger partial charge in [-0.05, 0) is 32.0 Å². The van der Waals surface area contributed by atoms with Crippen LogP contribution in [0.15, 0.2) is 42.5 Å². The van der Waals surface area contributed by atoms with Gasteiger partial charge in [-0.15, -0.1) is 0 Å². The van der Waals surface area contributed by atoms with Gasteiger partial charge in [-0.2, -0.15) is 0 Å². The smallest absolute Gasteiger partial charge is 0.258 e. The average molecular weight is 400 g/mol. The molecule has 1 amide bonds. The van der Waals surface area contributed by atoms with Gasteiger partial charge in [-0.1, -0.05) is 47.7 Å². The zero-order valence-corrected chi connectivity index (χ0v) is 16.6. The second kappa shape index (κ2) is 8.90. The van der Waals surface area contributed by atoms with Crippen LogP contribution in [0.1, 0.15) is 19.4 Å². The molecule has 0 bridgehead atoms. The monoisotopic (exact) mass is 399 g/mol. The highest BCUT2D eigenvalue weighted by atomic mass is 35.5. The topological polar surface area (TPSA) is 56.8 Å². The number of carbonyl (C=O) groups excluding carboxylic acids is 1. The van der Waals surface area contributed by atoms with Gasteiger partial charge in [0.25, 0.3) is 5.91 Å². The van der Waals surface area contributed by atoms with Gasteiger partial charge in [0.2, 0.25) is 0 Å². The van der Waals surface area contributed by atoms with Crippen LogP contribution < -0.4 is 19.5 Å². The van der Waals surface area contributed by atoms with Crippen LogP contribution >= 0.6 is 11.6 Å². The van der Waals surface area contributed by atoms with Gasteiger partial charge in [0.1, 0.15) is 18.0 Å². The Balaban J connectivity index is 1.40. The number of carbonyl (C=O) groups is 1. The number of halogens is 1. The third-order valence-electron chi connectivity index (χ3n) is 4.05. The predicted octanol–water partition coefficient (Wildman–Crippen LogP) is 3.63. The Morgan fingerprint density at radius 3 is 2.75 bits per heavy atom. The highest BCUT2D eigenvalue weighted by molar-refractivity contribution is 6.32. The average Bonchev–Trinajstić information content (AvgIpc) is 2.98. The Kier molecular flexibility index (Phi) is 6.33. The molecule has 0 fully saturated rings. The second-order valence-corrected chi connectivity index (χ2v) is 7.33. The lowest BCUT2D eigenvalue weighted by atomic mass is 10.0. The summed E-state index contributed by atoms with van der Waals surface area (Å²) < 4.78 is 17.0. The van der Waals surface area contributed by atoms with Crippen molar-refractivity contribution in [1.82, 2.24) is 5.32 Å². The fraction of sp³-hybridized carbons (Fsp3) is 0.318. The molecule has 0 unspecified atom stereocenters. The summed E-state index contributed by atoms with van der Waals surface area (Å²) in [6, 6.07) is 12.9. The molecule has 28 heavy (non-hydrogen) atoms. The Labute approximate surface area is 169 Å². The zero-order valence-electron chi connectivity index (χ0n) is 15.9. The van der Waals surface area contributed by atoms with E-state index in [1.807, 2.05) is 38.1 Å². The summed E-state index contributed by atoms with van der Waals surface area (Å²) in [5.74, 6) is 7.28. The molecule has 2 aromatic carbocycles. The first-order chi connectivity index (χ1) is 13.4. The first kappa shape index (κ1) is 19.9. The third kappa shape index (κ3) is 5.34. The molecule has 0 radical (unpaired) electrons. The first-order valence-corrected chi connectivity index (χ1v) is 9.36. The van der Waals surface area contributed by atoms with E-state index in [2.05, 4.69) is 17.2 Å². The van der Waals surface area contributed by atoms with Crippen molar-refractivity contribution in [1.29, 1.82) is 0 Å². The molecule has 6 heteroatoms. The van der Waals surface area contributed by atoms with Crippen molar-refractivity contribution in [3.63, 3.8) is 0 Å². The number of rotatable bonds is 6. The molecule has 0 saturated carbocycles. The van der Waals surface area contributed by atoms with Gasteiger partial charge in [0.15, 0.2) is 18.1 Å². The minimum Gasteiger partial charge on any atom is -0.483 e. The van der Waals surface area contributed by atoms with E-state index in [1.54, 1.807) is 18.2 Å². The molecule has 2 aromatic rings. The van der Waals surface area contributed by atoms with Crippen molar-refractivity contribution in [3.05, 3.63) is 53.1 Å². The number of hydrogen-bond acceptors (Lipinski definition) is 4. The molecule has 0 aliphatic carbocycles. The number of nitrogens with one attached hydrogen (secondary N) is 1. The van der Waals surface area contributed by atoms with Gasteiger partial charge < -0.3 is 19.5 Å². The van der Waals surface area contributed by atoms with Crippen LogP contribution in [-0.2, 0) is 11.2 Å². The summed E-state index contributed by atoms with van der Waals surface area (Å²) in [6.07, 6.45) is 0.817. The molecule has 1 N–H and O–H groups in total. The second-order valence-electron chi connectivity index (χ2n) is 6.92. The minimum absolute atomic E-state index is 0.0992. The SMILES string of the molecule is CC1(C)Cc2cccc(OCC(=O)NCC#CCOc3ccccc3Cl)c2O1. The number of hydrogen-bond donors (Lipinski definition) is 1. The van der Waals surface area contributed by atoms with E-state index in [1.165, 1.54) is 0 Å². The molecular formula is C22H22ClNO4. The first-order valence-electron chi connectivity index (χ1n) is 8.98. The summed E-state index contributed by atoms with van der Waals surface area (Å²) in [6.45, 7) is 4.36. The Hall–Kier alpha value is -2.84. The minimum atomic E-state index is -0.258. The van der Waals surface area contributed by atoms with Crippen molar-refractivity contribution >= 4 is 17.5 Å². The van der Waals surface area contributed by atoms with Crippen LogP contribution in [0.4, 0.5) is 0 Å². The van der Waals surface area contributed by atoms with Gasteiger partial charge in [0, 0.05) is 12.0 Å². The Bertz CT molecular complexity index is 914. The number of benzene rings is 2.